The van der Waals surface area contributed by atoms with Crippen molar-refractivity contribution in [2.75, 3.05) is 5.75 Å². The summed E-state index contributed by atoms with van der Waals surface area (Å²) in [5.74, 6) is 0.464. The number of hydrogen-bond donors (Lipinski definition) is 0. The molecule has 2 aromatic heterocycles. The molecule has 0 radical (unpaired) electrons. The Kier molecular flexibility index (Phi) is 6.01. The Bertz CT molecular complexity index is 906. The lowest BCUT2D eigenvalue weighted by Gasteiger charge is -2.39. The Balaban J connectivity index is 1.91. The van der Waals surface area contributed by atoms with Gasteiger partial charge in [0.05, 0.1) is 11.1 Å². The zero-order valence-corrected chi connectivity index (χ0v) is 18.7. The molecule has 1 fully saturated rings. The molecule has 0 bridgehead atoms. The summed E-state index contributed by atoms with van der Waals surface area (Å²) in [6.07, 6.45) is 3.31. The molecule has 0 spiro atoms. The minimum absolute atomic E-state index is 0.000517. The third-order valence-electron chi connectivity index (χ3n) is 5.53. The van der Waals surface area contributed by atoms with Crippen LogP contribution in [0.1, 0.15) is 63.4 Å². The molecule has 1 aliphatic heterocycles. The lowest BCUT2D eigenvalue weighted by molar-refractivity contribution is -0.134. The van der Waals surface area contributed by atoms with E-state index < -0.39 is 0 Å². The van der Waals surface area contributed by atoms with Crippen LogP contribution in [-0.4, -0.2) is 38.2 Å². The van der Waals surface area contributed by atoms with E-state index in [-0.39, 0.29) is 29.6 Å². The Morgan fingerprint density at radius 1 is 1.26 bits per heavy atom. The first-order valence-electron chi connectivity index (χ1n) is 9.68. The Morgan fingerprint density at radius 2 is 1.89 bits per heavy atom. The van der Waals surface area contributed by atoms with Crippen LogP contribution in [0.4, 0.5) is 0 Å². The molecule has 27 heavy (non-hydrogen) atoms. The van der Waals surface area contributed by atoms with Gasteiger partial charge in [-0.05, 0) is 66.4 Å². The predicted octanol–water partition coefficient (Wildman–Crippen LogP) is 4.54. The van der Waals surface area contributed by atoms with Gasteiger partial charge in [0, 0.05) is 23.0 Å². The first-order chi connectivity index (χ1) is 12.7. The zero-order valence-electron chi connectivity index (χ0n) is 17.0. The number of thiophene rings is 1. The smallest absolute Gasteiger partial charge is 0.263 e. The van der Waals surface area contributed by atoms with Crippen molar-refractivity contribution in [3.05, 3.63) is 20.8 Å². The summed E-state index contributed by atoms with van der Waals surface area (Å²) in [6, 6.07) is 0.568. The van der Waals surface area contributed by atoms with E-state index >= 15 is 0 Å². The molecule has 1 amide bonds. The molecule has 148 valence electrons. The Morgan fingerprint density at radius 3 is 2.48 bits per heavy atom. The van der Waals surface area contributed by atoms with Gasteiger partial charge in [0.25, 0.3) is 5.56 Å². The van der Waals surface area contributed by atoms with Crippen LogP contribution in [0.5, 0.6) is 0 Å². The standard InChI is InChI=1S/C20H29N3O2S2/c1-11(2)22-19(25)17-14(5)15(6)27-18(17)21-20(22)26-10-16(24)23-12(3)8-7-9-13(23)4/h11-13H,7-10H2,1-6H3/t12-,13-/m0/s1. The van der Waals surface area contributed by atoms with Crippen LogP contribution in [0.25, 0.3) is 10.2 Å². The number of fused-ring (bicyclic) bond motifs is 1. The average molecular weight is 408 g/mol. The molecule has 3 rings (SSSR count). The number of rotatable bonds is 4. The molecule has 0 aromatic carbocycles. The summed E-state index contributed by atoms with van der Waals surface area (Å²) in [5.41, 5.74) is 1.03. The van der Waals surface area contributed by atoms with E-state index in [0.717, 1.165) is 33.5 Å². The van der Waals surface area contributed by atoms with Gasteiger partial charge in [0.2, 0.25) is 5.91 Å². The summed E-state index contributed by atoms with van der Waals surface area (Å²) in [4.78, 5) is 34.7. The van der Waals surface area contributed by atoms with Crippen molar-refractivity contribution >= 4 is 39.2 Å². The van der Waals surface area contributed by atoms with E-state index in [4.69, 9.17) is 4.98 Å². The van der Waals surface area contributed by atoms with Crippen LogP contribution < -0.4 is 5.56 Å². The molecule has 0 saturated carbocycles. The second kappa shape index (κ2) is 7.95. The van der Waals surface area contributed by atoms with E-state index in [0.29, 0.717) is 10.9 Å². The number of carbonyl (C=O) groups is 1. The van der Waals surface area contributed by atoms with Crippen molar-refractivity contribution < 1.29 is 4.79 Å². The van der Waals surface area contributed by atoms with Crippen LogP contribution in [0.2, 0.25) is 0 Å². The van der Waals surface area contributed by atoms with Gasteiger partial charge >= 0.3 is 0 Å². The first kappa shape index (κ1) is 20.4. The fourth-order valence-corrected chi connectivity index (χ4v) is 6.03. The van der Waals surface area contributed by atoms with Gasteiger partial charge in [-0.1, -0.05) is 11.8 Å². The van der Waals surface area contributed by atoms with Gasteiger partial charge < -0.3 is 4.90 Å². The molecule has 1 saturated heterocycles. The van der Waals surface area contributed by atoms with Crippen LogP contribution in [0.15, 0.2) is 9.95 Å². The summed E-state index contributed by atoms with van der Waals surface area (Å²) >= 11 is 2.95. The highest BCUT2D eigenvalue weighted by Gasteiger charge is 2.29. The zero-order chi connectivity index (χ0) is 19.9. The average Bonchev–Trinajstić information content (AvgIpc) is 2.87. The number of piperidine rings is 1. The Hall–Kier alpha value is -1.34. The highest BCUT2D eigenvalue weighted by atomic mass is 32.2. The highest BCUT2D eigenvalue weighted by Crippen LogP contribution is 2.30. The topological polar surface area (TPSA) is 55.2 Å². The number of likely N-dealkylation sites (tertiary alicyclic amines) is 1. The predicted molar refractivity (Wildman–Crippen MR) is 114 cm³/mol. The second-order valence-electron chi connectivity index (χ2n) is 7.85. The lowest BCUT2D eigenvalue weighted by atomic mass is 9.98. The van der Waals surface area contributed by atoms with Crippen LogP contribution in [0.3, 0.4) is 0 Å². The Labute approximate surface area is 169 Å². The second-order valence-corrected chi connectivity index (χ2v) is 9.99. The van der Waals surface area contributed by atoms with Gasteiger partial charge in [-0.25, -0.2) is 4.98 Å². The number of thioether (sulfide) groups is 1. The number of aromatic nitrogens is 2. The van der Waals surface area contributed by atoms with E-state index in [2.05, 4.69) is 13.8 Å². The number of nitrogens with zero attached hydrogens (tertiary/aromatic N) is 3. The lowest BCUT2D eigenvalue weighted by Crippen LogP contribution is -2.48. The molecular formula is C20H29N3O2S2. The maximum Gasteiger partial charge on any atom is 0.263 e. The van der Waals surface area contributed by atoms with Crippen LogP contribution in [-0.2, 0) is 4.79 Å². The van der Waals surface area contributed by atoms with E-state index in [1.165, 1.54) is 18.2 Å². The molecule has 1 aliphatic rings. The highest BCUT2D eigenvalue weighted by molar-refractivity contribution is 7.99. The maximum atomic E-state index is 13.1. The number of aryl methyl sites for hydroxylation is 2. The molecule has 7 heteroatoms. The van der Waals surface area contributed by atoms with Crippen molar-refractivity contribution in [2.45, 2.75) is 84.1 Å². The summed E-state index contributed by atoms with van der Waals surface area (Å²) in [7, 11) is 0. The quantitative estimate of drug-likeness (QED) is 0.552. The van der Waals surface area contributed by atoms with E-state index in [9.17, 15) is 9.59 Å². The van der Waals surface area contributed by atoms with Crippen molar-refractivity contribution in [3.63, 3.8) is 0 Å². The van der Waals surface area contributed by atoms with Gasteiger partial charge in [0.15, 0.2) is 5.16 Å². The minimum atomic E-state index is -0.000517. The van der Waals surface area contributed by atoms with Crippen LogP contribution >= 0.6 is 23.1 Å². The molecule has 3 heterocycles. The molecule has 0 aliphatic carbocycles. The van der Waals surface area contributed by atoms with Crippen molar-refractivity contribution in [3.8, 4) is 0 Å². The normalized spacial score (nSPS) is 20.6. The summed E-state index contributed by atoms with van der Waals surface area (Å²) < 4.78 is 1.74. The van der Waals surface area contributed by atoms with Gasteiger partial charge in [-0.3, -0.25) is 14.2 Å². The SMILES string of the molecule is Cc1sc2nc(SCC(=O)N3[C@@H](C)CCC[C@@H]3C)n(C(C)C)c(=O)c2c1C. The van der Waals surface area contributed by atoms with Gasteiger partial charge in [-0.2, -0.15) is 0 Å². The molecule has 5 nitrogen and oxygen atoms in total. The van der Waals surface area contributed by atoms with Crippen molar-refractivity contribution in [2.24, 2.45) is 0 Å². The molecule has 0 unspecified atom stereocenters. The van der Waals surface area contributed by atoms with Gasteiger partial charge in [-0.15, -0.1) is 11.3 Å². The summed E-state index contributed by atoms with van der Waals surface area (Å²) in [6.45, 7) is 12.2. The summed E-state index contributed by atoms with van der Waals surface area (Å²) in [5, 5.41) is 1.37. The fourth-order valence-electron chi connectivity index (χ4n) is 3.96. The number of carbonyl (C=O) groups excluding carboxylic acids is 1. The van der Waals surface area contributed by atoms with Gasteiger partial charge in [0.1, 0.15) is 4.83 Å². The van der Waals surface area contributed by atoms with E-state index in [1.54, 1.807) is 15.9 Å². The molecule has 2 atom stereocenters. The first-order valence-corrected chi connectivity index (χ1v) is 11.5. The third-order valence-corrected chi connectivity index (χ3v) is 7.56. The van der Waals surface area contributed by atoms with Crippen LogP contribution in [0, 0.1) is 13.8 Å². The van der Waals surface area contributed by atoms with E-state index in [1.807, 2.05) is 32.6 Å². The van der Waals surface area contributed by atoms with Crippen molar-refractivity contribution in [1.82, 2.24) is 14.5 Å². The number of amides is 1. The molecular weight excluding hydrogens is 378 g/mol. The maximum absolute atomic E-state index is 13.1. The molecule has 2 aromatic rings. The third kappa shape index (κ3) is 3.81. The monoisotopic (exact) mass is 407 g/mol. The number of hydrogen-bond acceptors (Lipinski definition) is 5. The minimum Gasteiger partial charge on any atom is -0.337 e. The largest absolute Gasteiger partial charge is 0.337 e. The van der Waals surface area contributed by atoms with Crippen molar-refractivity contribution in [1.29, 1.82) is 0 Å². The molecule has 0 N–H and O–H groups in total. The fraction of sp³-hybridized carbons (Fsp3) is 0.650.